The first-order valence-electron chi connectivity index (χ1n) is 13.8. The van der Waals surface area contributed by atoms with E-state index < -0.39 is 36.1 Å². The van der Waals surface area contributed by atoms with Gasteiger partial charge in [0.2, 0.25) is 11.8 Å². The van der Waals surface area contributed by atoms with Gasteiger partial charge in [0, 0.05) is 29.6 Å². The van der Waals surface area contributed by atoms with Crippen molar-refractivity contribution in [2.24, 2.45) is 0 Å². The normalized spacial score (nSPS) is 11.3. The number of rotatable bonds is 13. The number of benzene rings is 3. The van der Waals surface area contributed by atoms with Crippen LogP contribution < -0.4 is 21.3 Å². The minimum Gasteiger partial charge on any atom is -0.481 e. The average Bonchev–Trinajstić information content (AvgIpc) is 3.01. The summed E-state index contributed by atoms with van der Waals surface area (Å²) in [5, 5.41) is 27.9. The van der Waals surface area contributed by atoms with Gasteiger partial charge in [0.25, 0.3) is 0 Å². The molecule has 3 rings (SSSR count). The summed E-state index contributed by atoms with van der Waals surface area (Å²) >= 11 is 11.9. The molecule has 0 heterocycles. The van der Waals surface area contributed by atoms with E-state index in [1.165, 1.54) is 0 Å². The van der Waals surface area contributed by atoms with Crippen molar-refractivity contribution in [3.05, 3.63) is 94.0 Å². The lowest BCUT2D eigenvalue weighted by Crippen LogP contribution is -2.39. The van der Waals surface area contributed by atoms with Gasteiger partial charge < -0.3 is 31.5 Å². The summed E-state index contributed by atoms with van der Waals surface area (Å²) in [5.74, 6) is -4.70. The van der Waals surface area contributed by atoms with Crippen molar-refractivity contribution >= 4 is 53.0 Å². The molecule has 3 aromatic carbocycles. The Labute approximate surface area is 277 Å². The molecule has 0 saturated carbocycles. The fraction of sp³-hybridized carbons (Fsp3) is 0.258. The summed E-state index contributed by atoms with van der Waals surface area (Å²) in [7, 11) is 0. The minimum absolute atomic E-state index is 0.0933. The highest BCUT2D eigenvalue weighted by atomic mass is 35.5. The summed E-state index contributed by atoms with van der Waals surface area (Å²) in [6.45, 7) is 0.170. The van der Waals surface area contributed by atoms with Gasteiger partial charge in [-0.15, -0.1) is 0 Å². The summed E-state index contributed by atoms with van der Waals surface area (Å²) in [6, 6.07) is 20.8. The van der Waals surface area contributed by atoms with Gasteiger partial charge in [0.15, 0.2) is 0 Å². The van der Waals surface area contributed by atoms with Crippen LogP contribution in [0.25, 0.3) is 11.1 Å². The first kappa shape index (κ1) is 38.4. The van der Waals surface area contributed by atoms with Crippen LogP contribution in [0, 0.1) is 0 Å². The van der Waals surface area contributed by atoms with Gasteiger partial charge in [-0.1, -0.05) is 83.9 Å². The Morgan fingerprint density at radius 2 is 1.40 bits per heavy atom. The molecule has 252 valence electrons. The quantitative estimate of drug-likeness (QED) is 0.131. The van der Waals surface area contributed by atoms with Gasteiger partial charge in [-0.25, -0.2) is 9.59 Å². The fourth-order valence-electron chi connectivity index (χ4n) is 3.83. The largest absolute Gasteiger partial charge is 0.490 e. The molecule has 1 atom stereocenters. The van der Waals surface area contributed by atoms with Gasteiger partial charge in [-0.05, 0) is 40.8 Å². The SMILES string of the molecule is O=C(O)C(F)(F)F.O=C(O)CC(NC(=O)CNC(=O)CCCNC(=O)NCc1ccc(Cl)cc1Cl)c1ccc(-c2ccccc2)cc1. The molecule has 0 fully saturated rings. The molecule has 1 unspecified atom stereocenters. The maximum atomic E-state index is 12.5. The van der Waals surface area contributed by atoms with E-state index in [1.54, 1.807) is 30.3 Å². The van der Waals surface area contributed by atoms with Crippen LogP contribution in [0.3, 0.4) is 0 Å². The maximum absolute atomic E-state index is 12.5. The molecule has 16 heteroatoms. The smallest absolute Gasteiger partial charge is 0.481 e. The van der Waals surface area contributed by atoms with Crippen LogP contribution >= 0.6 is 23.2 Å². The molecule has 0 aliphatic heterocycles. The summed E-state index contributed by atoms with van der Waals surface area (Å²) in [6.07, 6.45) is -4.93. The third-order valence-electron chi connectivity index (χ3n) is 6.14. The molecule has 6 N–H and O–H groups in total. The number of carboxylic acid groups (broad SMARTS) is 2. The molecular weight excluding hydrogens is 668 g/mol. The zero-order chi connectivity index (χ0) is 35.0. The van der Waals surface area contributed by atoms with E-state index in [0.29, 0.717) is 27.6 Å². The lowest BCUT2D eigenvalue weighted by Gasteiger charge is -2.18. The number of urea groups is 1. The molecule has 0 aromatic heterocycles. The number of nitrogens with one attached hydrogen (secondary N) is 4. The van der Waals surface area contributed by atoms with E-state index in [1.807, 2.05) is 42.5 Å². The number of aliphatic carboxylic acids is 2. The highest BCUT2D eigenvalue weighted by molar-refractivity contribution is 6.35. The second-order valence-electron chi connectivity index (χ2n) is 9.73. The number of halogens is 5. The van der Waals surface area contributed by atoms with Crippen LogP contribution in [-0.4, -0.2) is 59.3 Å². The minimum atomic E-state index is -5.08. The third-order valence-corrected chi connectivity index (χ3v) is 6.73. The van der Waals surface area contributed by atoms with Gasteiger partial charge in [-0.2, -0.15) is 13.2 Å². The first-order valence-corrected chi connectivity index (χ1v) is 14.6. The predicted molar refractivity (Wildman–Crippen MR) is 168 cm³/mol. The summed E-state index contributed by atoms with van der Waals surface area (Å²) in [4.78, 5) is 56.8. The lowest BCUT2D eigenvalue weighted by atomic mass is 9.99. The van der Waals surface area contributed by atoms with Crippen LogP contribution in [-0.2, 0) is 25.7 Å². The number of carbonyl (C=O) groups is 5. The van der Waals surface area contributed by atoms with E-state index >= 15 is 0 Å². The van der Waals surface area contributed by atoms with Gasteiger partial charge in [0.05, 0.1) is 19.0 Å². The Balaban J connectivity index is 0.000000984. The molecule has 0 bridgehead atoms. The molecule has 0 saturated heterocycles. The van der Waals surface area contributed by atoms with Crippen molar-refractivity contribution in [2.45, 2.75) is 38.0 Å². The second kappa shape index (κ2) is 19.0. The fourth-order valence-corrected chi connectivity index (χ4v) is 4.31. The highest BCUT2D eigenvalue weighted by Crippen LogP contribution is 2.24. The predicted octanol–water partition coefficient (Wildman–Crippen LogP) is 5.32. The Morgan fingerprint density at radius 1 is 0.787 bits per heavy atom. The van der Waals surface area contributed by atoms with Crippen molar-refractivity contribution in [3.63, 3.8) is 0 Å². The monoisotopic (exact) mass is 698 g/mol. The Morgan fingerprint density at radius 3 is 1.98 bits per heavy atom. The number of hydrogen-bond donors (Lipinski definition) is 6. The van der Waals surface area contributed by atoms with E-state index in [2.05, 4.69) is 21.3 Å². The number of amides is 4. The van der Waals surface area contributed by atoms with Crippen molar-refractivity contribution in [1.82, 2.24) is 21.3 Å². The van der Waals surface area contributed by atoms with Crippen LogP contribution in [0.5, 0.6) is 0 Å². The number of hydrogen-bond acceptors (Lipinski definition) is 5. The molecule has 4 amide bonds. The van der Waals surface area contributed by atoms with Crippen molar-refractivity contribution in [2.75, 3.05) is 13.1 Å². The summed E-state index contributed by atoms with van der Waals surface area (Å²) < 4.78 is 31.7. The molecule has 3 aromatic rings. The molecule has 0 aliphatic rings. The van der Waals surface area contributed by atoms with E-state index in [-0.39, 0.29) is 38.4 Å². The number of carboxylic acids is 2. The van der Waals surface area contributed by atoms with Gasteiger partial charge >= 0.3 is 24.1 Å². The molecular formula is C31H31Cl2F3N4O7. The Hall–Kier alpha value is -4.82. The lowest BCUT2D eigenvalue weighted by molar-refractivity contribution is -0.192. The van der Waals surface area contributed by atoms with Crippen LogP contribution in [0.15, 0.2) is 72.8 Å². The average molecular weight is 700 g/mol. The topological polar surface area (TPSA) is 174 Å². The van der Waals surface area contributed by atoms with Crippen LogP contribution in [0.1, 0.15) is 36.4 Å². The van der Waals surface area contributed by atoms with Crippen LogP contribution in [0.2, 0.25) is 10.0 Å². The highest BCUT2D eigenvalue weighted by Gasteiger charge is 2.38. The van der Waals surface area contributed by atoms with Crippen LogP contribution in [0.4, 0.5) is 18.0 Å². The molecule has 0 spiro atoms. The zero-order valence-corrected chi connectivity index (χ0v) is 26.1. The molecule has 0 aliphatic carbocycles. The van der Waals surface area contributed by atoms with E-state index in [4.69, 9.17) is 33.1 Å². The summed E-state index contributed by atoms with van der Waals surface area (Å²) in [5.41, 5.74) is 3.35. The van der Waals surface area contributed by atoms with E-state index in [9.17, 15) is 37.5 Å². The second-order valence-corrected chi connectivity index (χ2v) is 10.6. The zero-order valence-electron chi connectivity index (χ0n) is 24.6. The Bertz CT molecular complexity index is 1530. The van der Waals surface area contributed by atoms with Crippen molar-refractivity contribution in [3.8, 4) is 11.1 Å². The first-order chi connectivity index (χ1) is 22.1. The number of alkyl halides is 3. The van der Waals surface area contributed by atoms with E-state index in [0.717, 1.165) is 11.1 Å². The van der Waals surface area contributed by atoms with Crippen molar-refractivity contribution < 1.29 is 47.4 Å². The van der Waals surface area contributed by atoms with Crippen molar-refractivity contribution in [1.29, 1.82) is 0 Å². The molecule has 0 radical (unpaired) electrons. The molecule has 47 heavy (non-hydrogen) atoms. The van der Waals surface area contributed by atoms with Gasteiger partial charge in [-0.3, -0.25) is 14.4 Å². The maximum Gasteiger partial charge on any atom is 0.490 e. The molecule has 11 nitrogen and oxygen atoms in total. The third kappa shape index (κ3) is 14.9. The number of carbonyl (C=O) groups excluding carboxylic acids is 3. The Kier molecular flexibility index (Phi) is 15.5. The standard InChI is InChI=1S/C29H30Cl2N4O5.C2HF3O2/c30-23-13-12-22(24(31)15-23)17-34-29(40)32-14-4-7-26(36)33-18-27(37)35-25(16-28(38)39)21-10-8-20(9-11-21)19-5-2-1-3-6-19;3-2(4,5)1(6)7/h1-3,5-6,8-13,15,25H,4,7,14,16-18H2,(H,33,36)(H,35,37)(H,38,39)(H2,32,34,40);(H,6,7). The van der Waals surface area contributed by atoms with Gasteiger partial charge in [0.1, 0.15) is 0 Å².